The van der Waals surface area contributed by atoms with Gasteiger partial charge in [-0.25, -0.2) is 4.79 Å². The van der Waals surface area contributed by atoms with Crippen LogP contribution in [-0.2, 0) is 0 Å². The highest BCUT2D eigenvalue weighted by Gasteiger charge is 2.08. The Morgan fingerprint density at radius 1 is 1.47 bits per heavy atom. The molecule has 0 aliphatic heterocycles. The third kappa shape index (κ3) is 1.74. The van der Waals surface area contributed by atoms with Gasteiger partial charge >= 0.3 is 5.63 Å². The van der Waals surface area contributed by atoms with Gasteiger partial charge in [0.15, 0.2) is 0 Å². The summed E-state index contributed by atoms with van der Waals surface area (Å²) in [5, 5.41) is 9.15. The van der Waals surface area contributed by atoms with E-state index in [9.17, 15) is 4.79 Å². The highest BCUT2D eigenvalue weighted by molar-refractivity contribution is 5.59. The Bertz CT molecular complexity index is 531. The largest absolute Gasteiger partial charge is 0.502 e. The fourth-order valence-electron chi connectivity index (χ4n) is 1.34. The Hall–Kier alpha value is -2.10. The van der Waals surface area contributed by atoms with Crippen molar-refractivity contribution in [3.63, 3.8) is 0 Å². The van der Waals surface area contributed by atoms with Crippen LogP contribution in [0.25, 0.3) is 11.3 Å². The second-order valence-corrected chi connectivity index (χ2v) is 3.17. The van der Waals surface area contributed by atoms with Crippen LogP contribution >= 0.6 is 0 Å². The zero-order valence-electron chi connectivity index (χ0n) is 8.10. The van der Waals surface area contributed by atoms with Gasteiger partial charge < -0.3 is 9.52 Å². The first-order chi connectivity index (χ1) is 7.18. The van der Waals surface area contributed by atoms with Gasteiger partial charge in [-0.1, -0.05) is 0 Å². The molecule has 2 heterocycles. The molecule has 2 aromatic heterocycles. The number of rotatable bonds is 1. The minimum absolute atomic E-state index is 0.375. The summed E-state index contributed by atoms with van der Waals surface area (Å²) in [7, 11) is 0. The standard InChI is InChI=1S/C11H9NO3/c1-7-5-9(13)11(14)15-10(7)8-3-2-4-12-6-8/h2-6,13H,1H3. The van der Waals surface area contributed by atoms with E-state index in [1.165, 1.54) is 6.07 Å². The zero-order valence-corrected chi connectivity index (χ0v) is 8.10. The second kappa shape index (κ2) is 3.57. The van der Waals surface area contributed by atoms with Gasteiger partial charge in [0.2, 0.25) is 5.75 Å². The Morgan fingerprint density at radius 3 is 2.93 bits per heavy atom. The summed E-state index contributed by atoms with van der Waals surface area (Å²) in [6.45, 7) is 1.75. The van der Waals surface area contributed by atoms with Gasteiger partial charge in [-0.05, 0) is 30.7 Å². The van der Waals surface area contributed by atoms with Gasteiger partial charge in [0.25, 0.3) is 0 Å². The summed E-state index contributed by atoms with van der Waals surface area (Å²) in [4.78, 5) is 15.1. The lowest BCUT2D eigenvalue weighted by Crippen LogP contribution is -2.00. The second-order valence-electron chi connectivity index (χ2n) is 3.17. The summed E-state index contributed by atoms with van der Waals surface area (Å²) in [6.07, 6.45) is 3.24. The molecule has 0 unspecified atom stereocenters. The molecule has 4 nitrogen and oxygen atoms in total. The number of hydrogen-bond acceptors (Lipinski definition) is 4. The Balaban J connectivity index is 2.64. The fraction of sp³-hybridized carbons (Fsp3) is 0.0909. The van der Waals surface area contributed by atoms with Gasteiger partial charge in [0.05, 0.1) is 0 Å². The van der Waals surface area contributed by atoms with Crippen molar-refractivity contribution in [2.45, 2.75) is 6.92 Å². The molecule has 0 aromatic carbocycles. The van der Waals surface area contributed by atoms with E-state index in [4.69, 9.17) is 9.52 Å². The normalized spacial score (nSPS) is 10.2. The van der Waals surface area contributed by atoms with Gasteiger partial charge in [-0.15, -0.1) is 0 Å². The molecule has 0 radical (unpaired) electrons. The molecule has 0 amide bonds. The van der Waals surface area contributed by atoms with Crippen molar-refractivity contribution in [3.05, 3.63) is 46.6 Å². The molecule has 76 valence electrons. The molecule has 2 aromatic rings. The summed E-state index contributed by atoms with van der Waals surface area (Å²) >= 11 is 0. The lowest BCUT2D eigenvalue weighted by Gasteiger charge is -2.03. The van der Waals surface area contributed by atoms with Crippen molar-refractivity contribution in [1.29, 1.82) is 0 Å². The summed E-state index contributed by atoms with van der Waals surface area (Å²) < 4.78 is 4.98. The van der Waals surface area contributed by atoms with E-state index >= 15 is 0 Å². The Morgan fingerprint density at radius 2 is 2.27 bits per heavy atom. The van der Waals surface area contributed by atoms with Gasteiger partial charge in [0.1, 0.15) is 5.76 Å². The number of nitrogens with zero attached hydrogens (tertiary/aromatic N) is 1. The summed E-state index contributed by atoms with van der Waals surface area (Å²) in [6, 6.07) is 4.92. The van der Waals surface area contributed by atoms with Crippen molar-refractivity contribution >= 4 is 0 Å². The third-order valence-electron chi connectivity index (χ3n) is 2.04. The number of hydrogen-bond donors (Lipinski definition) is 1. The maximum atomic E-state index is 11.1. The summed E-state index contributed by atoms with van der Waals surface area (Å²) in [5.74, 6) is 0.0611. The summed E-state index contributed by atoms with van der Waals surface area (Å²) in [5.41, 5.74) is 0.673. The lowest BCUT2D eigenvalue weighted by atomic mass is 10.1. The molecule has 0 bridgehead atoms. The van der Waals surface area contributed by atoms with Crippen LogP contribution in [-0.4, -0.2) is 10.1 Å². The van der Waals surface area contributed by atoms with E-state index in [1.807, 2.05) is 0 Å². The average Bonchev–Trinajstić information content (AvgIpc) is 2.25. The first-order valence-corrected chi connectivity index (χ1v) is 4.42. The van der Waals surface area contributed by atoms with Crippen LogP contribution in [0.2, 0.25) is 0 Å². The highest BCUT2D eigenvalue weighted by atomic mass is 16.4. The lowest BCUT2D eigenvalue weighted by molar-refractivity contribution is 0.415. The molecule has 0 saturated heterocycles. The molecular weight excluding hydrogens is 194 g/mol. The fourth-order valence-corrected chi connectivity index (χ4v) is 1.34. The number of aryl methyl sites for hydroxylation is 1. The predicted octanol–water partition coefficient (Wildman–Crippen LogP) is 1.72. The van der Waals surface area contributed by atoms with Crippen molar-refractivity contribution in [3.8, 4) is 17.1 Å². The van der Waals surface area contributed by atoms with E-state index < -0.39 is 5.63 Å². The first-order valence-electron chi connectivity index (χ1n) is 4.42. The minimum Gasteiger partial charge on any atom is -0.502 e. The number of pyridine rings is 1. The molecule has 0 aliphatic rings. The molecule has 15 heavy (non-hydrogen) atoms. The maximum absolute atomic E-state index is 11.1. The van der Waals surface area contributed by atoms with Crippen LogP contribution in [0.15, 0.2) is 39.8 Å². The average molecular weight is 203 g/mol. The number of aromatic hydroxyl groups is 1. The van der Waals surface area contributed by atoms with E-state index in [2.05, 4.69) is 4.98 Å². The molecule has 2 rings (SSSR count). The van der Waals surface area contributed by atoms with Crippen molar-refractivity contribution < 1.29 is 9.52 Å². The molecule has 0 spiro atoms. The van der Waals surface area contributed by atoms with Crippen molar-refractivity contribution in [2.75, 3.05) is 0 Å². The van der Waals surface area contributed by atoms with Gasteiger partial charge in [-0.3, -0.25) is 4.98 Å². The maximum Gasteiger partial charge on any atom is 0.378 e. The van der Waals surface area contributed by atoms with Crippen molar-refractivity contribution in [1.82, 2.24) is 4.98 Å². The van der Waals surface area contributed by atoms with Crippen molar-refractivity contribution in [2.24, 2.45) is 0 Å². The van der Waals surface area contributed by atoms with Crippen LogP contribution in [0.3, 0.4) is 0 Å². The topological polar surface area (TPSA) is 63.3 Å². The SMILES string of the molecule is Cc1cc(O)c(=O)oc1-c1cccnc1. The van der Waals surface area contributed by atoms with E-state index in [1.54, 1.807) is 31.5 Å². The monoisotopic (exact) mass is 203 g/mol. The van der Waals surface area contributed by atoms with Crippen LogP contribution in [0, 0.1) is 6.92 Å². The first kappa shape index (κ1) is 9.45. The smallest absolute Gasteiger partial charge is 0.378 e. The molecule has 0 saturated carbocycles. The molecule has 1 N–H and O–H groups in total. The van der Waals surface area contributed by atoms with E-state index in [0.717, 1.165) is 0 Å². The quantitative estimate of drug-likeness (QED) is 0.766. The molecule has 0 atom stereocenters. The molecular formula is C11H9NO3. The van der Waals surface area contributed by atoms with Crippen LogP contribution in [0.1, 0.15) is 5.56 Å². The van der Waals surface area contributed by atoms with E-state index in [0.29, 0.717) is 16.9 Å². The highest BCUT2D eigenvalue weighted by Crippen LogP contribution is 2.22. The van der Waals surface area contributed by atoms with Crippen LogP contribution in [0.5, 0.6) is 5.75 Å². The molecule has 4 heteroatoms. The number of aromatic nitrogens is 1. The van der Waals surface area contributed by atoms with Crippen LogP contribution < -0.4 is 5.63 Å². The Kier molecular flexibility index (Phi) is 2.25. The van der Waals surface area contributed by atoms with Gasteiger partial charge in [0, 0.05) is 18.0 Å². The van der Waals surface area contributed by atoms with Crippen LogP contribution in [0.4, 0.5) is 0 Å². The Labute approximate surface area is 85.8 Å². The van der Waals surface area contributed by atoms with Gasteiger partial charge in [-0.2, -0.15) is 0 Å². The molecule has 0 fully saturated rings. The van der Waals surface area contributed by atoms with E-state index in [-0.39, 0.29) is 5.75 Å². The third-order valence-corrected chi connectivity index (χ3v) is 2.04. The predicted molar refractivity (Wildman–Crippen MR) is 54.6 cm³/mol. The minimum atomic E-state index is -0.737. The molecule has 0 aliphatic carbocycles. The zero-order chi connectivity index (χ0) is 10.8.